The minimum absolute atomic E-state index is 0.0582. The standard InChI is InChI=1S/C20H28.C11H14O2/c1-7-9-15(8-2)16-10-11-17-18(14-16)20(5,6)13-12-19(17,3)4;1-9-5-3-4-6-11(13-2)10(12)8-7-9/h7-11,14H,12-13H2,1-6H3;5-8H,3-4H2,1-2H3/b9-7-,15-8+;8-7-,9-5-,11-6+. The van der Waals surface area contributed by atoms with E-state index in [1.54, 1.807) is 6.08 Å². The van der Waals surface area contributed by atoms with Crippen LogP contribution in [0.15, 0.2) is 72.1 Å². The molecule has 2 aliphatic rings. The molecule has 0 fully saturated rings. The molecule has 0 amide bonds. The molecule has 0 aliphatic heterocycles. The van der Waals surface area contributed by atoms with E-state index in [9.17, 15) is 4.79 Å². The molecule has 0 aromatic heterocycles. The van der Waals surface area contributed by atoms with Crippen LogP contribution in [0.5, 0.6) is 0 Å². The highest BCUT2D eigenvalue weighted by atomic mass is 16.5. The predicted molar refractivity (Wildman–Crippen MR) is 142 cm³/mol. The fraction of sp³-hybridized carbons (Fsp3) is 0.452. The third-order valence-corrected chi connectivity index (χ3v) is 6.77. The molecule has 1 aromatic carbocycles. The number of fused-ring (bicyclic) bond motifs is 1. The molecule has 0 spiro atoms. The van der Waals surface area contributed by atoms with Crippen LogP contribution in [0.1, 0.15) is 90.8 Å². The SMILES string of the molecule is C/C=C\C(=C/C)c1ccc2c(c1)C(C)(C)CCC2(C)C.CO/C1=C/CC/C=C(C)\C=C/C1=O. The molecule has 0 saturated heterocycles. The first-order valence-corrected chi connectivity index (χ1v) is 12.1. The Morgan fingerprint density at radius 3 is 2.18 bits per heavy atom. The molecule has 0 N–H and O–H groups in total. The number of rotatable bonds is 3. The fourth-order valence-electron chi connectivity index (χ4n) is 4.47. The van der Waals surface area contributed by atoms with Gasteiger partial charge in [0.15, 0.2) is 5.76 Å². The van der Waals surface area contributed by atoms with Crippen LogP contribution in [0.4, 0.5) is 0 Å². The molecule has 2 heteroatoms. The van der Waals surface area contributed by atoms with E-state index in [-0.39, 0.29) is 11.2 Å². The number of carbonyl (C=O) groups excluding carboxylic acids is 1. The van der Waals surface area contributed by atoms with Crippen LogP contribution < -0.4 is 0 Å². The maximum atomic E-state index is 11.4. The van der Waals surface area contributed by atoms with Crippen molar-refractivity contribution in [2.45, 2.75) is 85.0 Å². The summed E-state index contributed by atoms with van der Waals surface area (Å²) in [6, 6.07) is 7.07. The highest BCUT2D eigenvalue weighted by Crippen LogP contribution is 2.46. The molecule has 2 nitrogen and oxygen atoms in total. The highest BCUT2D eigenvalue weighted by molar-refractivity contribution is 6.02. The van der Waals surface area contributed by atoms with Gasteiger partial charge < -0.3 is 4.74 Å². The molecule has 1 aromatic rings. The molecule has 0 saturated carbocycles. The van der Waals surface area contributed by atoms with Gasteiger partial charge in [0.25, 0.3) is 0 Å². The maximum absolute atomic E-state index is 11.4. The zero-order valence-electron chi connectivity index (χ0n) is 21.9. The molecule has 0 bridgehead atoms. The zero-order valence-corrected chi connectivity index (χ0v) is 21.9. The lowest BCUT2D eigenvalue weighted by Crippen LogP contribution is -2.33. The largest absolute Gasteiger partial charge is 0.493 e. The van der Waals surface area contributed by atoms with Crippen molar-refractivity contribution < 1.29 is 9.53 Å². The lowest BCUT2D eigenvalue weighted by atomic mass is 9.63. The third kappa shape index (κ3) is 6.93. The molecule has 0 heterocycles. The minimum Gasteiger partial charge on any atom is -0.493 e. The second-order valence-electron chi connectivity index (χ2n) is 10.3. The number of ether oxygens (including phenoxy) is 1. The Morgan fingerprint density at radius 2 is 1.58 bits per heavy atom. The topological polar surface area (TPSA) is 26.3 Å². The Bertz CT molecular complexity index is 994. The molecular formula is C31H42O2. The van der Waals surface area contributed by atoms with Crippen LogP contribution in [0, 0.1) is 0 Å². The number of hydrogen-bond donors (Lipinski definition) is 0. The summed E-state index contributed by atoms with van der Waals surface area (Å²) in [4.78, 5) is 11.4. The average Bonchev–Trinajstić information content (AvgIpc) is 2.86. The van der Waals surface area contributed by atoms with Gasteiger partial charge in [0.2, 0.25) is 5.78 Å². The van der Waals surface area contributed by atoms with Crippen molar-refractivity contribution in [3.05, 3.63) is 88.8 Å². The number of ketones is 1. The molecule has 2 aliphatic carbocycles. The van der Waals surface area contributed by atoms with Crippen molar-refractivity contribution in [2.24, 2.45) is 0 Å². The van der Waals surface area contributed by atoms with E-state index in [0.29, 0.717) is 11.2 Å². The number of benzene rings is 1. The number of carbonyl (C=O) groups is 1. The second kappa shape index (κ2) is 11.5. The molecule has 178 valence electrons. The summed E-state index contributed by atoms with van der Waals surface area (Å²) < 4.78 is 4.97. The summed E-state index contributed by atoms with van der Waals surface area (Å²) in [5.74, 6) is 0.386. The Hall–Kier alpha value is -2.61. The van der Waals surface area contributed by atoms with Crippen molar-refractivity contribution in [1.29, 1.82) is 0 Å². The molecular weight excluding hydrogens is 404 g/mol. The third-order valence-electron chi connectivity index (χ3n) is 6.77. The van der Waals surface area contributed by atoms with Gasteiger partial charge in [0, 0.05) is 0 Å². The Morgan fingerprint density at radius 1 is 0.939 bits per heavy atom. The Kier molecular flexibility index (Phi) is 9.28. The van der Waals surface area contributed by atoms with Gasteiger partial charge in [0.1, 0.15) is 0 Å². The highest BCUT2D eigenvalue weighted by Gasteiger charge is 2.36. The van der Waals surface area contributed by atoms with E-state index < -0.39 is 0 Å². The molecule has 0 atom stereocenters. The van der Waals surface area contributed by atoms with Gasteiger partial charge in [-0.2, -0.15) is 0 Å². The van der Waals surface area contributed by atoms with Gasteiger partial charge in [-0.15, -0.1) is 0 Å². The predicted octanol–water partition coefficient (Wildman–Crippen LogP) is 8.40. The van der Waals surface area contributed by atoms with Crippen molar-refractivity contribution >= 4 is 11.4 Å². The summed E-state index contributed by atoms with van der Waals surface area (Å²) in [5.41, 5.74) is 7.45. The van der Waals surface area contributed by atoms with E-state index >= 15 is 0 Å². The lowest BCUT2D eigenvalue weighted by molar-refractivity contribution is -0.114. The molecule has 0 unspecified atom stereocenters. The van der Waals surface area contributed by atoms with Crippen LogP contribution in [-0.2, 0) is 20.4 Å². The smallest absolute Gasteiger partial charge is 0.220 e. The van der Waals surface area contributed by atoms with Gasteiger partial charge in [0.05, 0.1) is 7.11 Å². The Balaban J connectivity index is 0.000000257. The van der Waals surface area contributed by atoms with Gasteiger partial charge in [-0.25, -0.2) is 0 Å². The van der Waals surface area contributed by atoms with Crippen LogP contribution in [0.2, 0.25) is 0 Å². The average molecular weight is 447 g/mol. The molecule has 33 heavy (non-hydrogen) atoms. The number of methoxy groups -OCH3 is 1. The minimum atomic E-state index is -0.0582. The molecule has 0 radical (unpaired) electrons. The summed E-state index contributed by atoms with van der Waals surface area (Å²) in [5, 5.41) is 0. The van der Waals surface area contributed by atoms with Crippen LogP contribution in [0.3, 0.4) is 0 Å². The summed E-state index contributed by atoms with van der Waals surface area (Å²) in [6.45, 7) is 15.7. The maximum Gasteiger partial charge on any atom is 0.220 e. The van der Waals surface area contributed by atoms with E-state index in [2.05, 4.69) is 84.0 Å². The van der Waals surface area contributed by atoms with E-state index in [1.165, 1.54) is 42.2 Å². The first kappa shape index (κ1) is 26.6. The van der Waals surface area contributed by atoms with Crippen LogP contribution >= 0.6 is 0 Å². The first-order chi connectivity index (χ1) is 15.6. The fourth-order valence-corrected chi connectivity index (χ4v) is 4.47. The zero-order chi connectivity index (χ0) is 24.6. The van der Waals surface area contributed by atoms with Crippen molar-refractivity contribution in [3.8, 4) is 0 Å². The Labute approximate surface area is 201 Å². The van der Waals surface area contributed by atoms with Crippen molar-refractivity contribution in [3.63, 3.8) is 0 Å². The second-order valence-corrected chi connectivity index (χ2v) is 10.3. The van der Waals surface area contributed by atoms with Crippen LogP contribution in [-0.4, -0.2) is 12.9 Å². The van der Waals surface area contributed by atoms with E-state index in [0.717, 1.165) is 18.4 Å². The number of allylic oxidation sites excluding steroid dienone is 9. The van der Waals surface area contributed by atoms with Gasteiger partial charge >= 0.3 is 0 Å². The van der Waals surface area contributed by atoms with E-state index in [1.807, 2.05) is 19.1 Å². The summed E-state index contributed by atoms with van der Waals surface area (Å²) >= 11 is 0. The first-order valence-electron chi connectivity index (χ1n) is 12.1. The molecule has 3 rings (SSSR count). The van der Waals surface area contributed by atoms with Crippen LogP contribution in [0.25, 0.3) is 5.57 Å². The number of hydrogen-bond acceptors (Lipinski definition) is 2. The normalized spacial score (nSPS) is 24.0. The van der Waals surface area contributed by atoms with Gasteiger partial charge in [-0.3, -0.25) is 4.79 Å². The monoisotopic (exact) mass is 446 g/mol. The lowest BCUT2D eigenvalue weighted by Gasteiger charge is -2.42. The summed E-state index contributed by atoms with van der Waals surface area (Å²) in [6.07, 6.45) is 18.2. The van der Waals surface area contributed by atoms with Gasteiger partial charge in [-0.05, 0) is 91.7 Å². The summed E-state index contributed by atoms with van der Waals surface area (Å²) in [7, 11) is 1.52. The quantitative estimate of drug-likeness (QED) is 0.436. The van der Waals surface area contributed by atoms with E-state index in [4.69, 9.17) is 4.74 Å². The van der Waals surface area contributed by atoms with Gasteiger partial charge in [-0.1, -0.05) is 81.8 Å². The van der Waals surface area contributed by atoms with Crippen molar-refractivity contribution in [1.82, 2.24) is 0 Å². The van der Waals surface area contributed by atoms with Crippen molar-refractivity contribution in [2.75, 3.05) is 7.11 Å².